The molecule has 0 N–H and O–H groups in total. The summed E-state index contributed by atoms with van der Waals surface area (Å²) in [7, 11) is 0. The maximum absolute atomic E-state index is 2.51. The van der Waals surface area contributed by atoms with Crippen LogP contribution in [-0.4, -0.2) is 0 Å². The average Bonchev–Trinajstić information content (AvgIpc) is 3.07. The van der Waals surface area contributed by atoms with Crippen molar-refractivity contribution in [2.45, 2.75) is 12.5 Å². The highest BCUT2D eigenvalue weighted by molar-refractivity contribution is 6.17. The van der Waals surface area contributed by atoms with E-state index in [-0.39, 0.29) is 6.04 Å². The van der Waals surface area contributed by atoms with Crippen LogP contribution in [0.5, 0.6) is 0 Å². The normalized spacial score (nSPS) is 14.0. The summed E-state index contributed by atoms with van der Waals surface area (Å²) in [5, 5.41) is 6.56. The lowest BCUT2D eigenvalue weighted by molar-refractivity contribution is 0.726. The summed E-state index contributed by atoms with van der Waals surface area (Å²) < 4.78 is 0. The summed E-state index contributed by atoms with van der Waals surface area (Å²) >= 11 is 0. The van der Waals surface area contributed by atoms with E-state index in [1.165, 1.54) is 49.4 Å². The predicted octanol–water partition coefficient (Wildman–Crippen LogP) is 10.2. The largest absolute Gasteiger partial charge is 0.334 e. The van der Waals surface area contributed by atoms with Gasteiger partial charge in [-0.15, -0.1) is 0 Å². The van der Waals surface area contributed by atoms with Crippen LogP contribution in [0.15, 0.2) is 158 Å². The molecule has 0 saturated carbocycles. The Morgan fingerprint density at radius 3 is 1.55 bits per heavy atom. The van der Waals surface area contributed by atoms with Crippen LogP contribution in [-0.2, 0) is 0 Å². The minimum Gasteiger partial charge on any atom is -0.334 e. The smallest absolute Gasteiger partial charge is 0.0632 e. The highest BCUT2D eigenvalue weighted by atomic mass is 15.2. The zero-order valence-corrected chi connectivity index (χ0v) is 23.3. The Labute approximate surface area is 246 Å². The Kier molecular flexibility index (Phi) is 5.97. The number of anilines is 5. The van der Waals surface area contributed by atoms with Gasteiger partial charge in [0.05, 0.1) is 11.7 Å². The maximum Gasteiger partial charge on any atom is 0.0632 e. The van der Waals surface area contributed by atoms with E-state index in [9.17, 15) is 0 Å². The van der Waals surface area contributed by atoms with Crippen molar-refractivity contribution < 1.29 is 0 Å². The fourth-order valence-corrected chi connectivity index (χ4v) is 6.71. The van der Waals surface area contributed by atoms with Gasteiger partial charge in [-0.1, -0.05) is 109 Å². The Hall–Kier alpha value is -5.34. The van der Waals surface area contributed by atoms with Gasteiger partial charge in [-0.3, -0.25) is 0 Å². The third-order valence-electron chi connectivity index (χ3n) is 8.52. The molecule has 0 bridgehead atoms. The third kappa shape index (κ3) is 4.03. The number of benzene rings is 7. The predicted molar refractivity (Wildman–Crippen MR) is 178 cm³/mol. The van der Waals surface area contributed by atoms with Crippen LogP contribution in [0, 0.1) is 0 Å². The van der Waals surface area contributed by atoms with E-state index in [1.54, 1.807) is 0 Å². The number of para-hydroxylation sites is 4. The van der Waals surface area contributed by atoms with Crippen molar-refractivity contribution in [3.63, 3.8) is 0 Å². The molecule has 1 unspecified atom stereocenters. The molecule has 2 nitrogen and oxygen atoms in total. The van der Waals surface area contributed by atoms with E-state index in [0.29, 0.717) is 0 Å². The van der Waals surface area contributed by atoms with Gasteiger partial charge in [0, 0.05) is 28.1 Å². The molecule has 1 aliphatic carbocycles. The molecule has 200 valence electrons. The Balaban J connectivity index is 1.37. The zero-order valence-electron chi connectivity index (χ0n) is 23.3. The second-order valence-corrected chi connectivity index (χ2v) is 10.9. The minimum atomic E-state index is 0.181. The van der Waals surface area contributed by atoms with Gasteiger partial charge in [0.2, 0.25) is 0 Å². The summed E-state index contributed by atoms with van der Waals surface area (Å²) in [6.07, 6.45) is 3.38. The third-order valence-corrected chi connectivity index (χ3v) is 8.52. The first-order valence-corrected chi connectivity index (χ1v) is 14.6. The topological polar surface area (TPSA) is 6.48 Å². The molecule has 0 fully saturated rings. The van der Waals surface area contributed by atoms with E-state index >= 15 is 0 Å². The first kappa shape index (κ1) is 24.5. The molecule has 0 saturated heterocycles. The van der Waals surface area contributed by atoms with Gasteiger partial charge in [-0.25, -0.2) is 0 Å². The molecule has 0 radical (unpaired) electrons. The Bertz CT molecular complexity index is 1970. The number of hydrogen-bond acceptors (Lipinski definition) is 2. The quantitative estimate of drug-likeness (QED) is 0.208. The molecule has 7 aromatic rings. The summed E-state index contributed by atoms with van der Waals surface area (Å²) in [6.45, 7) is 0. The Morgan fingerprint density at radius 2 is 0.976 bits per heavy atom. The van der Waals surface area contributed by atoms with Gasteiger partial charge in [0.1, 0.15) is 0 Å². The summed E-state index contributed by atoms with van der Waals surface area (Å²) in [5.41, 5.74) is 7.28. The number of rotatable bonds is 6. The number of hydrogen-bond donors (Lipinski definition) is 0. The SMILES string of the molecule is C1=c2ccc3c(N(c4ccccc4)c4ccccc4)ccc4ccc(c2c43)C(N(c2ccccc2)c2ccccc2)C1. The minimum absolute atomic E-state index is 0.181. The van der Waals surface area contributed by atoms with Crippen LogP contribution >= 0.6 is 0 Å². The highest BCUT2D eigenvalue weighted by Gasteiger charge is 2.27. The van der Waals surface area contributed by atoms with Gasteiger partial charge >= 0.3 is 0 Å². The van der Waals surface area contributed by atoms with Crippen LogP contribution in [0.25, 0.3) is 27.6 Å². The standard InChI is InChI=1S/C40H30N2/c1-5-13-31(14-6-1)41(32-15-7-2-8-16-32)37-27-23-29-22-26-36-38(28-24-30-21-25-35(37)39(29)40(30)36)42(33-17-9-3-10-18-33)34-19-11-4-12-20-34/h1-27,38H,28H2. The number of nitrogens with zero attached hydrogens (tertiary/aromatic N) is 2. The first-order valence-electron chi connectivity index (χ1n) is 14.6. The van der Waals surface area contributed by atoms with Crippen molar-refractivity contribution in [2.75, 3.05) is 9.80 Å². The lowest BCUT2D eigenvalue weighted by atomic mass is 9.85. The summed E-state index contributed by atoms with van der Waals surface area (Å²) in [6, 6.07) is 57.1. The van der Waals surface area contributed by atoms with Crippen LogP contribution < -0.4 is 15.0 Å². The van der Waals surface area contributed by atoms with Crippen LogP contribution in [0.3, 0.4) is 0 Å². The van der Waals surface area contributed by atoms with Gasteiger partial charge in [-0.05, 0) is 88.0 Å². The molecule has 0 spiro atoms. The molecule has 1 aliphatic rings. The van der Waals surface area contributed by atoms with Crippen molar-refractivity contribution in [3.8, 4) is 0 Å². The second kappa shape index (κ2) is 10.2. The van der Waals surface area contributed by atoms with E-state index in [0.717, 1.165) is 17.8 Å². The molecular weight excluding hydrogens is 508 g/mol. The highest BCUT2D eigenvalue weighted by Crippen LogP contribution is 2.45. The van der Waals surface area contributed by atoms with Crippen molar-refractivity contribution in [1.29, 1.82) is 0 Å². The molecule has 8 rings (SSSR count). The second-order valence-electron chi connectivity index (χ2n) is 10.9. The zero-order chi connectivity index (χ0) is 27.9. The first-order chi connectivity index (χ1) is 20.9. The monoisotopic (exact) mass is 538 g/mol. The average molecular weight is 539 g/mol. The van der Waals surface area contributed by atoms with Crippen LogP contribution in [0.2, 0.25) is 0 Å². The van der Waals surface area contributed by atoms with Crippen molar-refractivity contribution in [1.82, 2.24) is 0 Å². The van der Waals surface area contributed by atoms with Crippen molar-refractivity contribution in [2.24, 2.45) is 0 Å². The lowest BCUT2D eigenvalue weighted by Crippen LogP contribution is -2.27. The molecular formula is C40H30N2. The fraction of sp³-hybridized carbons (Fsp3) is 0.0500. The summed E-state index contributed by atoms with van der Waals surface area (Å²) in [5.74, 6) is 0. The van der Waals surface area contributed by atoms with E-state index in [2.05, 4.69) is 174 Å². The van der Waals surface area contributed by atoms with E-state index < -0.39 is 0 Å². The van der Waals surface area contributed by atoms with E-state index in [4.69, 9.17) is 0 Å². The molecule has 7 aromatic carbocycles. The van der Waals surface area contributed by atoms with Crippen LogP contribution in [0.1, 0.15) is 18.0 Å². The molecule has 2 heteroatoms. The van der Waals surface area contributed by atoms with Crippen molar-refractivity contribution in [3.05, 3.63) is 169 Å². The Morgan fingerprint density at radius 1 is 0.452 bits per heavy atom. The lowest BCUT2D eigenvalue weighted by Gasteiger charge is -2.36. The summed E-state index contributed by atoms with van der Waals surface area (Å²) in [4.78, 5) is 4.89. The van der Waals surface area contributed by atoms with Gasteiger partial charge < -0.3 is 9.80 Å². The van der Waals surface area contributed by atoms with Gasteiger partial charge in [0.15, 0.2) is 0 Å². The fourth-order valence-electron chi connectivity index (χ4n) is 6.71. The molecule has 0 aromatic heterocycles. The van der Waals surface area contributed by atoms with Gasteiger partial charge in [0.25, 0.3) is 0 Å². The molecule has 1 atom stereocenters. The van der Waals surface area contributed by atoms with E-state index in [1.807, 2.05) is 0 Å². The molecule has 42 heavy (non-hydrogen) atoms. The van der Waals surface area contributed by atoms with Gasteiger partial charge in [-0.2, -0.15) is 0 Å². The molecule has 0 aliphatic heterocycles. The molecule has 0 heterocycles. The molecule has 0 amide bonds. The van der Waals surface area contributed by atoms with Crippen LogP contribution in [0.4, 0.5) is 28.4 Å². The maximum atomic E-state index is 2.51. The van der Waals surface area contributed by atoms with Crippen molar-refractivity contribution >= 4 is 56.1 Å².